The fourth-order valence-corrected chi connectivity index (χ4v) is 2.77. The minimum absolute atomic E-state index is 0.860. The Labute approximate surface area is 122 Å². The molecule has 116 valence electrons. The van der Waals surface area contributed by atoms with Crippen molar-refractivity contribution >= 4 is 0 Å². The molecule has 0 rings (SSSR count). The van der Waals surface area contributed by atoms with Gasteiger partial charge in [-0.05, 0) is 50.1 Å². The second-order valence-corrected chi connectivity index (χ2v) is 7.22. The molecule has 0 aliphatic heterocycles. The van der Waals surface area contributed by atoms with Crippen LogP contribution in [-0.4, -0.2) is 13.1 Å². The largest absolute Gasteiger partial charge is 0.317 e. The number of hydrogen-bond acceptors (Lipinski definition) is 1. The van der Waals surface area contributed by atoms with Crippen molar-refractivity contribution in [2.24, 2.45) is 17.8 Å². The standard InChI is InChI=1S/C18H39N/c1-16(2)11-7-6-9-13-19-14-10-8-12-18(5)15-17(3)4/h16-19H,6-15H2,1-5H3. The Balaban J connectivity index is 3.10. The van der Waals surface area contributed by atoms with Gasteiger partial charge in [0.15, 0.2) is 0 Å². The van der Waals surface area contributed by atoms with Gasteiger partial charge in [-0.3, -0.25) is 0 Å². The summed E-state index contributed by atoms with van der Waals surface area (Å²) in [5.74, 6) is 2.65. The Hall–Kier alpha value is -0.0400. The average molecular weight is 270 g/mol. The molecule has 19 heavy (non-hydrogen) atoms. The molecule has 0 amide bonds. The first-order valence-electron chi connectivity index (χ1n) is 8.73. The lowest BCUT2D eigenvalue weighted by atomic mass is 9.94. The van der Waals surface area contributed by atoms with Crippen molar-refractivity contribution in [2.45, 2.75) is 86.0 Å². The number of nitrogens with one attached hydrogen (secondary N) is 1. The van der Waals surface area contributed by atoms with E-state index in [1.54, 1.807) is 0 Å². The van der Waals surface area contributed by atoms with Gasteiger partial charge in [-0.1, -0.05) is 66.7 Å². The number of unbranched alkanes of at least 4 members (excludes halogenated alkanes) is 3. The smallest absolute Gasteiger partial charge is 0.00489 e. The maximum absolute atomic E-state index is 3.59. The van der Waals surface area contributed by atoms with Gasteiger partial charge in [0.25, 0.3) is 0 Å². The first-order valence-corrected chi connectivity index (χ1v) is 8.73. The van der Waals surface area contributed by atoms with Crippen molar-refractivity contribution in [1.29, 1.82) is 0 Å². The van der Waals surface area contributed by atoms with E-state index < -0.39 is 0 Å². The van der Waals surface area contributed by atoms with Gasteiger partial charge in [0.05, 0.1) is 0 Å². The molecule has 0 radical (unpaired) electrons. The van der Waals surface area contributed by atoms with Gasteiger partial charge in [0.2, 0.25) is 0 Å². The highest BCUT2D eigenvalue weighted by Gasteiger charge is 2.04. The SMILES string of the molecule is CC(C)CCCCCNCCCCC(C)CC(C)C. The average Bonchev–Trinajstić information content (AvgIpc) is 2.30. The highest BCUT2D eigenvalue weighted by molar-refractivity contribution is 4.58. The lowest BCUT2D eigenvalue weighted by molar-refractivity contribution is 0.399. The lowest BCUT2D eigenvalue weighted by Gasteiger charge is -2.13. The van der Waals surface area contributed by atoms with Crippen LogP contribution in [0.3, 0.4) is 0 Å². The van der Waals surface area contributed by atoms with Crippen LogP contribution in [0.5, 0.6) is 0 Å². The van der Waals surface area contributed by atoms with E-state index in [-0.39, 0.29) is 0 Å². The van der Waals surface area contributed by atoms with Crippen LogP contribution in [0.2, 0.25) is 0 Å². The first kappa shape index (κ1) is 19.0. The van der Waals surface area contributed by atoms with Crippen molar-refractivity contribution in [3.63, 3.8) is 0 Å². The van der Waals surface area contributed by atoms with E-state index >= 15 is 0 Å². The van der Waals surface area contributed by atoms with Crippen molar-refractivity contribution in [2.75, 3.05) is 13.1 Å². The highest BCUT2D eigenvalue weighted by Crippen LogP contribution is 2.16. The summed E-state index contributed by atoms with van der Waals surface area (Å²) in [6.45, 7) is 14.1. The zero-order valence-electron chi connectivity index (χ0n) is 14.3. The van der Waals surface area contributed by atoms with Crippen LogP contribution >= 0.6 is 0 Å². The molecule has 1 atom stereocenters. The molecule has 0 bridgehead atoms. The highest BCUT2D eigenvalue weighted by atomic mass is 14.8. The molecule has 1 heteroatoms. The Morgan fingerprint density at radius 3 is 1.79 bits per heavy atom. The van der Waals surface area contributed by atoms with E-state index in [4.69, 9.17) is 0 Å². The Bertz CT molecular complexity index is 175. The zero-order chi connectivity index (χ0) is 14.5. The van der Waals surface area contributed by atoms with E-state index in [2.05, 4.69) is 39.9 Å². The van der Waals surface area contributed by atoms with Crippen LogP contribution in [-0.2, 0) is 0 Å². The summed E-state index contributed by atoms with van der Waals surface area (Å²) in [5, 5.41) is 3.59. The maximum atomic E-state index is 3.59. The summed E-state index contributed by atoms with van der Waals surface area (Å²) in [7, 11) is 0. The topological polar surface area (TPSA) is 12.0 Å². The first-order chi connectivity index (χ1) is 9.02. The summed E-state index contributed by atoms with van der Waals surface area (Å²) in [5.41, 5.74) is 0. The second kappa shape index (κ2) is 13.0. The normalized spacial score (nSPS) is 13.4. The Morgan fingerprint density at radius 2 is 1.21 bits per heavy atom. The van der Waals surface area contributed by atoms with Gasteiger partial charge >= 0.3 is 0 Å². The van der Waals surface area contributed by atoms with E-state index in [9.17, 15) is 0 Å². The summed E-state index contributed by atoms with van der Waals surface area (Å²) in [6.07, 6.45) is 11.1. The summed E-state index contributed by atoms with van der Waals surface area (Å²) in [4.78, 5) is 0. The summed E-state index contributed by atoms with van der Waals surface area (Å²) < 4.78 is 0. The Morgan fingerprint density at radius 1 is 0.632 bits per heavy atom. The van der Waals surface area contributed by atoms with Crippen LogP contribution in [0.4, 0.5) is 0 Å². The van der Waals surface area contributed by atoms with Gasteiger partial charge in [-0.15, -0.1) is 0 Å². The number of rotatable bonds is 13. The van der Waals surface area contributed by atoms with Gasteiger partial charge in [-0.25, -0.2) is 0 Å². The predicted molar refractivity (Wildman–Crippen MR) is 88.6 cm³/mol. The van der Waals surface area contributed by atoms with Gasteiger partial charge in [0.1, 0.15) is 0 Å². The van der Waals surface area contributed by atoms with Gasteiger partial charge in [-0.2, -0.15) is 0 Å². The molecule has 0 spiro atoms. The molecule has 1 unspecified atom stereocenters. The van der Waals surface area contributed by atoms with Crippen LogP contribution in [0.25, 0.3) is 0 Å². The van der Waals surface area contributed by atoms with Gasteiger partial charge < -0.3 is 5.32 Å². The fourth-order valence-electron chi connectivity index (χ4n) is 2.77. The fraction of sp³-hybridized carbons (Fsp3) is 1.00. The van der Waals surface area contributed by atoms with E-state index in [1.807, 2.05) is 0 Å². The Kier molecular flexibility index (Phi) is 12.9. The number of hydrogen-bond donors (Lipinski definition) is 1. The van der Waals surface area contributed by atoms with Gasteiger partial charge in [0, 0.05) is 0 Å². The van der Waals surface area contributed by atoms with Crippen molar-refractivity contribution in [3.8, 4) is 0 Å². The minimum Gasteiger partial charge on any atom is -0.317 e. The van der Waals surface area contributed by atoms with E-state index in [0.29, 0.717) is 0 Å². The molecule has 0 heterocycles. The molecule has 0 saturated carbocycles. The maximum Gasteiger partial charge on any atom is -0.00489 e. The molecule has 0 aromatic rings. The third-order valence-corrected chi connectivity index (χ3v) is 3.81. The summed E-state index contributed by atoms with van der Waals surface area (Å²) >= 11 is 0. The minimum atomic E-state index is 0.860. The zero-order valence-corrected chi connectivity index (χ0v) is 14.3. The third-order valence-electron chi connectivity index (χ3n) is 3.81. The van der Waals surface area contributed by atoms with E-state index in [1.165, 1.54) is 64.5 Å². The van der Waals surface area contributed by atoms with Crippen LogP contribution in [0.15, 0.2) is 0 Å². The molecule has 0 aliphatic rings. The van der Waals surface area contributed by atoms with Crippen LogP contribution < -0.4 is 5.32 Å². The molecule has 1 N–H and O–H groups in total. The monoisotopic (exact) mass is 269 g/mol. The third kappa shape index (κ3) is 15.9. The van der Waals surface area contributed by atoms with Crippen molar-refractivity contribution in [1.82, 2.24) is 5.32 Å². The van der Waals surface area contributed by atoms with E-state index in [0.717, 1.165) is 17.8 Å². The molecule has 0 aromatic heterocycles. The molecule has 0 aliphatic carbocycles. The van der Waals surface area contributed by atoms with Crippen molar-refractivity contribution < 1.29 is 0 Å². The lowest BCUT2D eigenvalue weighted by Crippen LogP contribution is -2.16. The molecule has 0 saturated heterocycles. The van der Waals surface area contributed by atoms with Crippen LogP contribution in [0, 0.1) is 17.8 Å². The molecule has 0 aromatic carbocycles. The van der Waals surface area contributed by atoms with Crippen LogP contribution in [0.1, 0.15) is 86.0 Å². The molecular formula is C18H39N. The molecule has 0 fully saturated rings. The molecular weight excluding hydrogens is 230 g/mol. The quantitative estimate of drug-likeness (QED) is 0.426. The molecule has 1 nitrogen and oxygen atoms in total. The summed E-state index contributed by atoms with van der Waals surface area (Å²) in [6, 6.07) is 0. The predicted octanol–water partition coefficient (Wildman–Crippen LogP) is 5.64. The second-order valence-electron chi connectivity index (χ2n) is 7.22. The van der Waals surface area contributed by atoms with Crippen molar-refractivity contribution in [3.05, 3.63) is 0 Å².